The van der Waals surface area contributed by atoms with Crippen LogP contribution in [-0.2, 0) is 17.5 Å². The summed E-state index contributed by atoms with van der Waals surface area (Å²) in [6.07, 6.45) is -3.24. The normalized spacial score (nSPS) is 19.7. The van der Waals surface area contributed by atoms with Gasteiger partial charge in [0.05, 0.1) is 23.0 Å². The van der Waals surface area contributed by atoms with Crippen LogP contribution in [0.4, 0.5) is 37.8 Å². The number of carbonyl (C=O) groups is 2. The number of rotatable bonds is 10. The molecule has 4 atom stereocenters. The Balaban J connectivity index is 1.17. The first-order valence-electron chi connectivity index (χ1n) is 14.4. The number of hydrogen-bond donors (Lipinski definition) is 4. The van der Waals surface area contributed by atoms with E-state index in [1.165, 1.54) is 29.8 Å². The Hall–Kier alpha value is -4.67. The van der Waals surface area contributed by atoms with E-state index in [4.69, 9.17) is 0 Å². The van der Waals surface area contributed by atoms with Crippen LogP contribution in [0.15, 0.2) is 36.9 Å². The Morgan fingerprint density at radius 1 is 1.15 bits per heavy atom. The van der Waals surface area contributed by atoms with Crippen LogP contribution in [0.1, 0.15) is 28.5 Å². The van der Waals surface area contributed by atoms with Crippen molar-refractivity contribution in [2.45, 2.75) is 39.0 Å². The summed E-state index contributed by atoms with van der Waals surface area (Å²) in [6.45, 7) is 4.05. The van der Waals surface area contributed by atoms with Gasteiger partial charge in [-0.15, -0.1) is 0 Å². The average Bonchev–Trinajstić information content (AvgIpc) is 3.37. The zero-order chi connectivity index (χ0) is 32.9. The van der Waals surface area contributed by atoms with E-state index in [1.807, 2.05) is 0 Å². The summed E-state index contributed by atoms with van der Waals surface area (Å²) >= 11 is 0. The van der Waals surface area contributed by atoms with Gasteiger partial charge in [-0.1, -0.05) is 0 Å². The minimum absolute atomic E-state index is 0.00732. The van der Waals surface area contributed by atoms with E-state index in [1.54, 1.807) is 6.92 Å². The molecule has 1 saturated carbocycles. The molecular formula is C29H29F6N9O2. The third kappa shape index (κ3) is 6.10. The molecule has 4 N–H and O–H groups in total. The lowest BCUT2D eigenvalue weighted by Crippen LogP contribution is -2.43. The quantitative estimate of drug-likeness (QED) is 0.193. The van der Waals surface area contributed by atoms with Crippen LogP contribution in [0, 0.1) is 30.5 Å². The molecule has 0 bridgehead atoms. The first-order chi connectivity index (χ1) is 21.8. The van der Waals surface area contributed by atoms with E-state index in [0.717, 1.165) is 31.5 Å². The average molecular weight is 650 g/mol. The van der Waals surface area contributed by atoms with Gasteiger partial charge in [0.25, 0.3) is 12.3 Å². The molecule has 1 aliphatic carbocycles. The maximum atomic E-state index is 15.3. The number of halogens is 6. The predicted molar refractivity (Wildman–Crippen MR) is 153 cm³/mol. The minimum atomic E-state index is -4.93. The smallest absolute Gasteiger partial charge is 0.354 e. The fourth-order valence-electron chi connectivity index (χ4n) is 6.03. The van der Waals surface area contributed by atoms with Crippen molar-refractivity contribution < 1.29 is 35.9 Å². The van der Waals surface area contributed by atoms with Crippen molar-refractivity contribution in [3.8, 4) is 11.3 Å². The van der Waals surface area contributed by atoms with Crippen molar-refractivity contribution >= 4 is 29.0 Å². The molecule has 0 unspecified atom stereocenters. The van der Waals surface area contributed by atoms with Gasteiger partial charge in [-0.3, -0.25) is 18.7 Å². The molecule has 3 aromatic heterocycles. The number of hydrogen-bond acceptors (Lipinski definition) is 7. The van der Waals surface area contributed by atoms with Crippen molar-refractivity contribution in [1.82, 2.24) is 40.1 Å². The number of alkyl halides is 5. The summed E-state index contributed by atoms with van der Waals surface area (Å²) in [6, 6.07) is 2.09. The molecule has 2 fully saturated rings. The zero-order valence-electron chi connectivity index (χ0n) is 24.5. The van der Waals surface area contributed by atoms with Gasteiger partial charge in [-0.2, -0.15) is 18.3 Å². The highest BCUT2D eigenvalue weighted by Crippen LogP contribution is 2.48. The largest absolute Gasteiger partial charge is 0.435 e. The Labute approximate surface area is 257 Å². The van der Waals surface area contributed by atoms with Crippen molar-refractivity contribution in [3.63, 3.8) is 0 Å². The second kappa shape index (κ2) is 11.9. The molecule has 4 aromatic rings. The Bertz CT molecular complexity index is 1770. The zero-order valence-corrected chi connectivity index (χ0v) is 24.5. The van der Waals surface area contributed by atoms with E-state index in [-0.39, 0.29) is 52.3 Å². The predicted octanol–water partition coefficient (Wildman–Crippen LogP) is 3.77. The highest BCUT2D eigenvalue weighted by Gasteiger charge is 2.56. The van der Waals surface area contributed by atoms with Crippen LogP contribution < -0.4 is 21.3 Å². The van der Waals surface area contributed by atoms with Gasteiger partial charge in [0.2, 0.25) is 5.91 Å². The van der Waals surface area contributed by atoms with Crippen molar-refractivity contribution in [2.75, 3.05) is 25.0 Å². The van der Waals surface area contributed by atoms with Gasteiger partial charge in [0, 0.05) is 42.8 Å². The Morgan fingerprint density at radius 3 is 2.57 bits per heavy atom. The number of nitrogens with one attached hydrogen (secondary N) is 4. The molecule has 4 heterocycles. The second-order valence-electron chi connectivity index (χ2n) is 11.5. The van der Waals surface area contributed by atoms with Gasteiger partial charge in [0.15, 0.2) is 17.2 Å². The van der Waals surface area contributed by atoms with Crippen LogP contribution in [0.2, 0.25) is 0 Å². The standard InChI is InChI=1S/C29H29F6N9O2/c1-13-5-15(6-19(30)22(13)28(46)40-14(2)7-39-27(45)23-16-8-36-9-17(16)23)41-25-26-38-10-20(44(26)4-3-37-25)18-11-43(12-21(31)32)42-24(18)29(33,34)35/h3-6,10-11,14,16-17,21,23,36H,7-9,12H2,1-2H3,(H,37,41)(H,39,45)(H,40,46)/t14-,16-,17+,23+/m1/s1. The number of aryl methyl sites for hydroxylation is 1. The molecule has 1 aromatic carbocycles. The third-order valence-electron chi connectivity index (χ3n) is 8.19. The molecule has 6 rings (SSSR count). The number of nitrogens with zero attached hydrogens (tertiary/aromatic N) is 5. The number of carbonyl (C=O) groups excluding carboxylic acids is 2. The summed E-state index contributed by atoms with van der Waals surface area (Å²) < 4.78 is 84.0. The molecule has 0 spiro atoms. The topological polar surface area (TPSA) is 130 Å². The molecule has 2 amide bonds. The lowest BCUT2D eigenvalue weighted by molar-refractivity contribution is -0.141. The summed E-state index contributed by atoms with van der Waals surface area (Å²) in [5.74, 6) is -0.789. The second-order valence-corrected chi connectivity index (χ2v) is 11.5. The highest BCUT2D eigenvalue weighted by atomic mass is 19.4. The monoisotopic (exact) mass is 649 g/mol. The van der Waals surface area contributed by atoms with Crippen LogP contribution in [0.5, 0.6) is 0 Å². The Kier molecular flexibility index (Phi) is 8.12. The van der Waals surface area contributed by atoms with Crippen LogP contribution in [0.3, 0.4) is 0 Å². The highest BCUT2D eigenvalue weighted by molar-refractivity contribution is 5.96. The molecule has 1 aliphatic heterocycles. The summed E-state index contributed by atoms with van der Waals surface area (Å²) in [4.78, 5) is 33.7. The lowest BCUT2D eigenvalue weighted by Gasteiger charge is -2.17. The summed E-state index contributed by atoms with van der Waals surface area (Å²) in [5, 5.41) is 15.0. The van der Waals surface area contributed by atoms with Gasteiger partial charge in [-0.25, -0.2) is 23.1 Å². The van der Waals surface area contributed by atoms with Crippen LogP contribution >= 0.6 is 0 Å². The molecular weight excluding hydrogens is 620 g/mol. The maximum absolute atomic E-state index is 15.3. The molecule has 2 aliphatic rings. The fraction of sp³-hybridized carbons (Fsp3) is 0.414. The lowest BCUT2D eigenvalue weighted by atomic mass is 10.1. The van der Waals surface area contributed by atoms with Gasteiger partial charge in [0.1, 0.15) is 12.4 Å². The Morgan fingerprint density at radius 2 is 1.89 bits per heavy atom. The van der Waals surface area contributed by atoms with Crippen LogP contribution in [-0.4, -0.2) is 68.1 Å². The van der Waals surface area contributed by atoms with Crippen molar-refractivity contribution in [1.29, 1.82) is 0 Å². The SMILES string of the molecule is Cc1cc(Nc2nccn3c(-c4cn(CC(F)F)nc4C(F)(F)F)cnc23)cc(F)c1C(=O)N[C@H](C)CNC(=O)[C@H]1[C@@H]2CNC[C@@H]21. The molecule has 17 heteroatoms. The number of benzene rings is 1. The molecule has 1 saturated heterocycles. The fourth-order valence-corrected chi connectivity index (χ4v) is 6.03. The first-order valence-corrected chi connectivity index (χ1v) is 14.4. The van der Waals surface area contributed by atoms with Crippen LogP contribution in [0.25, 0.3) is 16.9 Å². The van der Waals surface area contributed by atoms with Crippen molar-refractivity contribution in [2.24, 2.45) is 17.8 Å². The summed E-state index contributed by atoms with van der Waals surface area (Å²) in [5.41, 5.74) is -1.56. The number of piperidine rings is 1. The third-order valence-corrected chi connectivity index (χ3v) is 8.19. The van der Waals surface area contributed by atoms with E-state index in [9.17, 15) is 31.5 Å². The van der Waals surface area contributed by atoms with Gasteiger partial charge in [-0.05, 0) is 56.5 Å². The first kappa shape index (κ1) is 31.3. The maximum Gasteiger partial charge on any atom is 0.435 e. The van der Waals surface area contributed by atoms with E-state index < -0.39 is 48.2 Å². The number of fused-ring (bicyclic) bond motifs is 2. The number of anilines is 2. The molecule has 11 nitrogen and oxygen atoms in total. The molecule has 46 heavy (non-hydrogen) atoms. The van der Waals surface area contributed by atoms with E-state index in [2.05, 4.69) is 36.3 Å². The number of aromatic nitrogens is 5. The van der Waals surface area contributed by atoms with E-state index >= 15 is 4.39 Å². The summed E-state index contributed by atoms with van der Waals surface area (Å²) in [7, 11) is 0. The number of amides is 2. The minimum Gasteiger partial charge on any atom is -0.354 e. The molecule has 244 valence electrons. The van der Waals surface area contributed by atoms with E-state index in [0.29, 0.717) is 16.5 Å². The molecule has 0 radical (unpaired) electrons. The number of imidazole rings is 1. The van der Waals surface area contributed by atoms with Crippen molar-refractivity contribution in [3.05, 3.63) is 59.6 Å². The van der Waals surface area contributed by atoms with Gasteiger partial charge < -0.3 is 21.3 Å². The van der Waals surface area contributed by atoms with Gasteiger partial charge >= 0.3 is 6.18 Å².